The first-order valence-corrected chi connectivity index (χ1v) is 14.1. The van der Waals surface area contributed by atoms with Gasteiger partial charge in [-0.3, -0.25) is 14.5 Å². The number of nitrogens with zero attached hydrogens (tertiary/aromatic N) is 2. The van der Waals surface area contributed by atoms with Crippen LogP contribution in [0.2, 0.25) is 10.0 Å². The van der Waals surface area contributed by atoms with Crippen molar-refractivity contribution in [2.75, 3.05) is 32.1 Å². The Labute approximate surface area is 245 Å². The largest absolute Gasteiger partial charge is 0.486 e. The Balaban J connectivity index is 1.63. The van der Waals surface area contributed by atoms with Crippen LogP contribution < -0.4 is 10.1 Å². The molecule has 0 fully saturated rings. The number of aliphatic hydroxyl groups is 1. The zero-order valence-corrected chi connectivity index (χ0v) is 24.5. The molecular weight excluding hydrogens is 549 g/mol. The molecule has 212 valence electrons. The fraction of sp³-hybridized carbons (Fsp3) is 0.355. The lowest BCUT2D eigenvalue weighted by atomic mass is 9.98. The molecule has 0 aliphatic carbocycles. The minimum absolute atomic E-state index is 0.0737. The number of rotatable bonds is 9. The highest BCUT2D eigenvalue weighted by Crippen LogP contribution is 2.35. The number of hydrogen-bond donors (Lipinski definition) is 2. The van der Waals surface area contributed by atoms with Gasteiger partial charge in [-0.1, -0.05) is 72.6 Å². The average Bonchev–Trinajstić information content (AvgIpc) is 2.93. The van der Waals surface area contributed by atoms with Gasteiger partial charge < -0.3 is 20.1 Å². The standard InChI is InChI=1S/C31H35Cl2N3O4/c1-20-16-36(21(2)19-37)31(39)24-10-7-11-27(34-29(38)15-22-8-5-4-6-9-22)30(24)40-28(20)18-35(3)17-23-12-13-25(32)26(33)14-23/h4-14,20-21,28,37H,15-19H2,1-3H3,(H,34,38)/t20-,21+,28+/m0/s1. The minimum atomic E-state index is -0.383. The smallest absolute Gasteiger partial charge is 0.258 e. The first-order valence-electron chi connectivity index (χ1n) is 13.3. The van der Waals surface area contributed by atoms with Crippen LogP contribution in [0.1, 0.15) is 35.3 Å². The molecule has 3 atom stereocenters. The molecule has 9 heteroatoms. The first-order chi connectivity index (χ1) is 19.2. The lowest BCUT2D eigenvalue weighted by Crippen LogP contribution is -2.49. The number of halogens is 2. The molecule has 3 aromatic carbocycles. The number of amides is 2. The number of aliphatic hydroxyl groups excluding tert-OH is 1. The zero-order valence-electron chi connectivity index (χ0n) is 22.9. The quantitative estimate of drug-likeness (QED) is 0.346. The first kappa shape index (κ1) is 29.9. The van der Waals surface area contributed by atoms with E-state index in [9.17, 15) is 14.7 Å². The monoisotopic (exact) mass is 583 g/mol. The summed E-state index contributed by atoms with van der Waals surface area (Å²) in [7, 11) is 1.99. The third-order valence-corrected chi connectivity index (χ3v) is 7.84. The van der Waals surface area contributed by atoms with Crippen molar-refractivity contribution < 1.29 is 19.4 Å². The van der Waals surface area contributed by atoms with E-state index in [1.807, 2.05) is 63.4 Å². The van der Waals surface area contributed by atoms with E-state index in [4.69, 9.17) is 27.9 Å². The van der Waals surface area contributed by atoms with Crippen molar-refractivity contribution in [3.05, 3.63) is 93.5 Å². The van der Waals surface area contributed by atoms with Crippen LogP contribution >= 0.6 is 23.2 Å². The van der Waals surface area contributed by atoms with Crippen molar-refractivity contribution in [2.24, 2.45) is 5.92 Å². The predicted octanol–water partition coefficient (Wildman–Crippen LogP) is 5.53. The maximum atomic E-state index is 13.7. The molecule has 2 amide bonds. The van der Waals surface area contributed by atoms with Crippen molar-refractivity contribution in [3.63, 3.8) is 0 Å². The second kappa shape index (κ2) is 13.5. The van der Waals surface area contributed by atoms with Crippen molar-refractivity contribution in [1.82, 2.24) is 9.80 Å². The van der Waals surface area contributed by atoms with Crippen molar-refractivity contribution in [3.8, 4) is 5.75 Å². The van der Waals surface area contributed by atoms with Gasteiger partial charge >= 0.3 is 0 Å². The second-order valence-corrected chi connectivity index (χ2v) is 11.3. The van der Waals surface area contributed by atoms with E-state index in [0.717, 1.165) is 11.1 Å². The summed E-state index contributed by atoms with van der Waals surface area (Å²) in [5.74, 6) is -0.191. The molecule has 1 aliphatic rings. The van der Waals surface area contributed by atoms with Gasteiger partial charge in [-0.15, -0.1) is 0 Å². The van der Waals surface area contributed by atoms with E-state index in [0.29, 0.717) is 46.7 Å². The molecule has 4 rings (SSSR count). The average molecular weight is 585 g/mol. The Morgan fingerprint density at radius 1 is 1.10 bits per heavy atom. The molecule has 0 unspecified atom stereocenters. The van der Waals surface area contributed by atoms with E-state index in [-0.39, 0.29) is 42.9 Å². The van der Waals surface area contributed by atoms with Gasteiger partial charge in [0.25, 0.3) is 5.91 Å². The highest BCUT2D eigenvalue weighted by molar-refractivity contribution is 6.42. The van der Waals surface area contributed by atoms with Crippen LogP contribution in [0, 0.1) is 5.92 Å². The van der Waals surface area contributed by atoms with E-state index >= 15 is 0 Å². The molecule has 0 spiro atoms. The summed E-state index contributed by atoms with van der Waals surface area (Å²) >= 11 is 12.3. The van der Waals surface area contributed by atoms with E-state index in [1.54, 1.807) is 29.2 Å². The molecule has 0 bridgehead atoms. The Hall–Kier alpha value is -3.10. The zero-order chi connectivity index (χ0) is 28.8. The number of likely N-dealkylation sites (N-methyl/N-ethyl adjacent to an activating group) is 1. The van der Waals surface area contributed by atoms with Crippen LogP contribution in [0.5, 0.6) is 5.75 Å². The Bertz CT molecular complexity index is 1340. The number of fused-ring (bicyclic) bond motifs is 1. The summed E-state index contributed by atoms with van der Waals surface area (Å²) in [6.07, 6.45) is -0.126. The van der Waals surface area contributed by atoms with Gasteiger partial charge in [-0.25, -0.2) is 0 Å². The summed E-state index contributed by atoms with van der Waals surface area (Å²) in [6, 6.07) is 19.8. The number of carbonyl (C=O) groups is 2. The number of nitrogens with one attached hydrogen (secondary N) is 1. The molecule has 40 heavy (non-hydrogen) atoms. The summed E-state index contributed by atoms with van der Waals surface area (Å²) in [5.41, 5.74) is 2.68. The molecule has 2 N–H and O–H groups in total. The van der Waals surface area contributed by atoms with Gasteiger partial charge in [0, 0.05) is 25.6 Å². The number of anilines is 1. The molecule has 7 nitrogen and oxygen atoms in total. The van der Waals surface area contributed by atoms with Crippen LogP contribution in [0.15, 0.2) is 66.7 Å². The topological polar surface area (TPSA) is 82.1 Å². The molecular formula is C31H35Cl2N3O4. The number of hydrogen-bond acceptors (Lipinski definition) is 5. The maximum Gasteiger partial charge on any atom is 0.258 e. The Morgan fingerprint density at radius 2 is 1.85 bits per heavy atom. The summed E-state index contributed by atoms with van der Waals surface area (Å²) in [4.78, 5) is 30.5. The molecule has 0 radical (unpaired) electrons. The number of carbonyl (C=O) groups excluding carboxylic acids is 2. The molecule has 1 aliphatic heterocycles. The Morgan fingerprint density at radius 3 is 2.55 bits per heavy atom. The van der Waals surface area contributed by atoms with E-state index in [2.05, 4.69) is 10.2 Å². The second-order valence-electron chi connectivity index (χ2n) is 10.5. The molecule has 0 saturated heterocycles. The fourth-order valence-corrected chi connectivity index (χ4v) is 5.18. The summed E-state index contributed by atoms with van der Waals surface area (Å²) < 4.78 is 6.60. The molecule has 0 saturated carbocycles. The van der Waals surface area contributed by atoms with Gasteiger partial charge in [0.05, 0.1) is 40.4 Å². The fourth-order valence-electron chi connectivity index (χ4n) is 4.86. The van der Waals surface area contributed by atoms with Crippen LogP contribution in [0.25, 0.3) is 0 Å². The van der Waals surface area contributed by atoms with Gasteiger partial charge in [-0.2, -0.15) is 0 Å². The van der Waals surface area contributed by atoms with Gasteiger partial charge in [0.1, 0.15) is 6.10 Å². The van der Waals surface area contributed by atoms with Crippen LogP contribution in [0.3, 0.4) is 0 Å². The lowest BCUT2D eigenvalue weighted by Gasteiger charge is -2.38. The summed E-state index contributed by atoms with van der Waals surface area (Å²) in [6.45, 7) is 5.26. The maximum absolute atomic E-state index is 13.7. The highest BCUT2D eigenvalue weighted by atomic mass is 35.5. The number of para-hydroxylation sites is 1. The van der Waals surface area contributed by atoms with Crippen LogP contribution in [-0.4, -0.2) is 65.6 Å². The minimum Gasteiger partial charge on any atom is -0.486 e. The van der Waals surface area contributed by atoms with Crippen LogP contribution in [-0.2, 0) is 17.8 Å². The van der Waals surface area contributed by atoms with Gasteiger partial charge in [0.15, 0.2) is 5.75 Å². The van der Waals surface area contributed by atoms with Gasteiger partial charge in [0.2, 0.25) is 5.91 Å². The molecule has 0 aromatic heterocycles. The van der Waals surface area contributed by atoms with Gasteiger partial charge in [-0.05, 0) is 49.4 Å². The van der Waals surface area contributed by atoms with Crippen LogP contribution in [0.4, 0.5) is 5.69 Å². The van der Waals surface area contributed by atoms with E-state index < -0.39 is 0 Å². The SMILES string of the molecule is C[C@H](CO)N1C[C@H](C)[C@@H](CN(C)Cc2ccc(Cl)c(Cl)c2)Oc2c(NC(=O)Cc3ccccc3)cccc2C1=O. The van der Waals surface area contributed by atoms with E-state index in [1.165, 1.54) is 0 Å². The normalized spacial score (nSPS) is 18.0. The summed E-state index contributed by atoms with van der Waals surface area (Å²) in [5, 5.41) is 13.9. The molecule has 3 aromatic rings. The lowest BCUT2D eigenvalue weighted by molar-refractivity contribution is -0.115. The Kier molecular flexibility index (Phi) is 10.1. The predicted molar refractivity (Wildman–Crippen MR) is 159 cm³/mol. The van der Waals surface area contributed by atoms with Crippen molar-refractivity contribution >= 4 is 40.7 Å². The van der Waals surface area contributed by atoms with Crippen molar-refractivity contribution in [2.45, 2.75) is 39.0 Å². The van der Waals surface area contributed by atoms with Crippen molar-refractivity contribution in [1.29, 1.82) is 0 Å². The number of benzene rings is 3. The number of ether oxygens (including phenoxy) is 1. The molecule has 1 heterocycles. The third-order valence-electron chi connectivity index (χ3n) is 7.10. The third kappa shape index (κ3) is 7.34. The highest BCUT2D eigenvalue weighted by Gasteiger charge is 2.34.